The first-order valence-electron chi connectivity index (χ1n) is 6.32. The minimum Gasteiger partial charge on any atom is -0.311 e. The molecule has 1 N–H and O–H groups in total. The van der Waals surface area contributed by atoms with Gasteiger partial charge in [-0.05, 0) is 32.0 Å². The third-order valence-electron chi connectivity index (χ3n) is 2.85. The van der Waals surface area contributed by atoms with Gasteiger partial charge in [0.15, 0.2) is 5.82 Å². The molecular formula is C15H19N3. The minimum absolute atomic E-state index is 0.790. The van der Waals surface area contributed by atoms with Gasteiger partial charge in [-0.2, -0.15) is 0 Å². The summed E-state index contributed by atoms with van der Waals surface area (Å²) in [5, 5.41) is 3.29. The molecule has 2 rings (SSSR count). The van der Waals surface area contributed by atoms with Gasteiger partial charge in [0.05, 0.1) is 5.69 Å². The summed E-state index contributed by atoms with van der Waals surface area (Å²) in [4.78, 5) is 9.16. The van der Waals surface area contributed by atoms with Crippen LogP contribution in [0, 0.1) is 13.8 Å². The molecule has 0 spiro atoms. The third kappa shape index (κ3) is 2.93. The quantitative estimate of drug-likeness (QED) is 0.894. The van der Waals surface area contributed by atoms with Gasteiger partial charge in [-0.25, -0.2) is 9.97 Å². The zero-order valence-electron chi connectivity index (χ0n) is 11.2. The Morgan fingerprint density at radius 1 is 1.11 bits per heavy atom. The van der Waals surface area contributed by atoms with Crippen LogP contribution in [-0.2, 0) is 6.54 Å². The zero-order valence-corrected chi connectivity index (χ0v) is 11.2. The van der Waals surface area contributed by atoms with Gasteiger partial charge in [0, 0.05) is 17.8 Å². The third-order valence-corrected chi connectivity index (χ3v) is 2.85. The van der Waals surface area contributed by atoms with E-state index in [-0.39, 0.29) is 0 Å². The first-order chi connectivity index (χ1) is 8.70. The van der Waals surface area contributed by atoms with Crippen molar-refractivity contribution in [2.24, 2.45) is 0 Å². The van der Waals surface area contributed by atoms with Crippen molar-refractivity contribution in [3.05, 3.63) is 47.3 Å². The van der Waals surface area contributed by atoms with Crippen LogP contribution in [-0.4, -0.2) is 16.5 Å². The lowest BCUT2D eigenvalue weighted by Crippen LogP contribution is -2.13. The smallest absolute Gasteiger partial charge is 0.159 e. The van der Waals surface area contributed by atoms with Crippen molar-refractivity contribution in [3.63, 3.8) is 0 Å². The van der Waals surface area contributed by atoms with E-state index in [4.69, 9.17) is 0 Å². The van der Waals surface area contributed by atoms with Crippen LogP contribution in [0.1, 0.15) is 23.9 Å². The van der Waals surface area contributed by atoms with Gasteiger partial charge >= 0.3 is 0 Å². The molecule has 0 amide bonds. The van der Waals surface area contributed by atoms with Crippen LogP contribution in [0.15, 0.2) is 30.3 Å². The van der Waals surface area contributed by atoms with Crippen molar-refractivity contribution in [3.8, 4) is 11.4 Å². The number of aryl methyl sites for hydroxylation is 2. The summed E-state index contributed by atoms with van der Waals surface area (Å²) in [7, 11) is 0. The van der Waals surface area contributed by atoms with E-state index < -0.39 is 0 Å². The Bertz CT molecular complexity index is 535. The van der Waals surface area contributed by atoms with Crippen LogP contribution in [0.2, 0.25) is 0 Å². The number of hydrogen-bond acceptors (Lipinski definition) is 3. The monoisotopic (exact) mass is 241 g/mol. The SMILES string of the molecule is CCNCc1cc(C)nc(-c2ccccc2C)n1. The first-order valence-corrected chi connectivity index (χ1v) is 6.32. The molecule has 0 aliphatic heterocycles. The van der Waals surface area contributed by atoms with Gasteiger partial charge in [-0.1, -0.05) is 31.2 Å². The number of hydrogen-bond donors (Lipinski definition) is 1. The number of nitrogens with zero attached hydrogens (tertiary/aromatic N) is 2. The number of benzene rings is 1. The molecule has 94 valence electrons. The molecule has 1 heterocycles. The molecular weight excluding hydrogens is 222 g/mol. The van der Waals surface area contributed by atoms with Crippen LogP contribution in [0.5, 0.6) is 0 Å². The molecule has 3 nitrogen and oxygen atoms in total. The molecule has 0 aliphatic rings. The lowest BCUT2D eigenvalue weighted by molar-refractivity contribution is 0.708. The highest BCUT2D eigenvalue weighted by Crippen LogP contribution is 2.19. The highest BCUT2D eigenvalue weighted by atomic mass is 14.9. The van der Waals surface area contributed by atoms with Crippen molar-refractivity contribution in [2.45, 2.75) is 27.3 Å². The van der Waals surface area contributed by atoms with Crippen LogP contribution >= 0.6 is 0 Å². The summed E-state index contributed by atoms with van der Waals surface area (Å²) in [5.74, 6) is 0.820. The van der Waals surface area contributed by atoms with Crippen LogP contribution in [0.4, 0.5) is 0 Å². The summed E-state index contributed by atoms with van der Waals surface area (Å²) in [6.45, 7) is 7.93. The number of aromatic nitrogens is 2. The highest BCUT2D eigenvalue weighted by molar-refractivity contribution is 5.59. The molecule has 0 bridgehead atoms. The van der Waals surface area contributed by atoms with Crippen LogP contribution in [0.25, 0.3) is 11.4 Å². The predicted molar refractivity (Wildman–Crippen MR) is 74.3 cm³/mol. The average molecular weight is 241 g/mol. The van der Waals surface area contributed by atoms with Gasteiger partial charge in [0.2, 0.25) is 0 Å². The van der Waals surface area contributed by atoms with E-state index in [0.717, 1.165) is 35.9 Å². The Morgan fingerprint density at radius 2 is 1.89 bits per heavy atom. The van der Waals surface area contributed by atoms with E-state index >= 15 is 0 Å². The fourth-order valence-corrected chi connectivity index (χ4v) is 1.92. The summed E-state index contributed by atoms with van der Waals surface area (Å²) in [5.41, 5.74) is 4.37. The van der Waals surface area contributed by atoms with Crippen LogP contribution in [0.3, 0.4) is 0 Å². The van der Waals surface area contributed by atoms with E-state index in [1.54, 1.807) is 0 Å². The molecule has 1 aromatic carbocycles. The normalized spacial score (nSPS) is 10.6. The lowest BCUT2D eigenvalue weighted by Gasteiger charge is -2.08. The molecule has 3 heteroatoms. The zero-order chi connectivity index (χ0) is 13.0. The Balaban J connectivity index is 2.39. The average Bonchev–Trinajstić information content (AvgIpc) is 2.36. The highest BCUT2D eigenvalue weighted by Gasteiger charge is 2.06. The van der Waals surface area contributed by atoms with E-state index in [0.29, 0.717) is 0 Å². The second-order valence-electron chi connectivity index (χ2n) is 4.42. The summed E-state index contributed by atoms with van der Waals surface area (Å²) < 4.78 is 0. The maximum absolute atomic E-state index is 4.63. The fraction of sp³-hybridized carbons (Fsp3) is 0.333. The van der Waals surface area contributed by atoms with Crippen molar-refractivity contribution in [1.82, 2.24) is 15.3 Å². The molecule has 18 heavy (non-hydrogen) atoms. The molecule has 0 fully saturated rings. The maximum Gasteiger partial charge on any atom is 0.159 e. The van der Waals surface area contributed by atoms with E-state index in [1.165, 1.54) is 5.56 Å². The lowest BCUT2D eigenvalue weighted by atomic mass is 10.1. The molecule has 0 aliphatic carbocycles. The Kier molecular flexibility index (Phi) is 4.05. The molecule has 0 radical (unpaired) electrons. The molecule has 0 saturated heterocycles. The van der Waals surface area contributed by atoms with Gasteiger partial charge < -0.3 is 5.32 Å². The molecule has 0 unspecified atom stereocenters. The predicted octanol–water partition coefficient (Wildman–Crippen LogP) is 2.87. The van der Waals surface area contributed by atoms with Gasteiger partial charge in [0.25, 0.3) is 0 Å². The Morgan fingerprint density at radius 3 is 2.61 bits per heavy atom. The Hall–Kier alpha value is -1.74. The number of nitrogens with one attached hydrogen (secondary N) is 1. The summed E-state index contributed by atoms with van der Waals surface area (Å²) in [6.07, 6.45) is 0. The second kappa shape index (κ2) is 5.74. The summed E-state index contributed by atoms with van der Waals surface area (Å²) in [6, 6.07) is 10.3. The van der Waals surface area contributed by atoms with E-state index in [9.17, 15) is 0 Å². The van der Waals surface area contributed by atoms with Crippen LogP contribution < -0.4 is 5.32 Å². The van der Waals surface area contributed by atoms with Gasteiger partial charge in [-0.3, -0.25) is 0 Å². The largest absolute Gasteiger partial charge is 0.311 e. The van der Waals surface area contributed by atoms with E-state index in [2.05, 4.69) is 41.3 Å². The van der Waals surface area contributed by atoms with Crippen molar-refractivity contribution in [2.75, 3.05) is 6.54 Å². The van der Waals surface area contributed by atoms with Crippen molar-refractivity contribution >= 4 is 0 Å². The van der Waals surface area contributed by atoms with Crippen molar-refractivity contribution in [1.29, 1.82) is 0 Å². The molecule has 0 saturated carbocycles. The first kappa shape index (κ1) is 12.7. The summed E-state index contributed by atoms with van der Waals surface area (Å²) >= 11 is 0. The molecule has 1 aromatic heterocycles. The topological polar surface area (TPSA) is 37.8 Å². The van der Waals surface area contributed by atoms with Crippen molar-refractivity contribution < 1.29 is 0 Å². The molecule has 0 atom stereocenters. The maximum atomic E-state index is 4.63. The van der Waals surface area contributed by atoms with E-state index in [1.807, 2.05) is 25.1 Å². The molecule has 2 aromatic rings. The standard InChI is InChI=1S/C15H19N3/c1-4-16-10-13-9-12(3)17-15(18-13)14-8-6-5-7-11(14)2/h5-9,16H,4,10H2,1-3H3. The second-order valence-corrected chi connectivity index (χ2v) is 4.42. The van der Waals surface area contributed by atoms with Gasteiger partial charge in [0.1, 0.15) is 0 Å². The minimum atomic E-state index is 0.790. The van der Waals surface area contributed by atoms with Gasteiger partial charge in [-0.15, -0.1) is 0 Å². The number of rotatable bonds is 4. The fourth-order valence-electron chi connectivity index (χ4n) is 1.92. The Labute approximate surface area is 108 Å².